The highest BCUT2D eigenvalue weighted by Gasteiger charge is 2.62. The number of hydrogen-bond donors (Lipinski definition) is 4. The van der Waals surface area contributed by atoms with E-state index in [-0.39, 0.29) is 40.5 Å². The van der Waals surface area contributed by atoms with E-state index in [0.717, 1.165) is 11.3 Å². The van der Waals surface area contributed by atoms with Gasteiger partial charge in [-0.1, -0.05) is 85.7 Å². The van der Waals surface area contributed by atoms with Crippen molar-refractivity contribution in [3.05, 3.63) is 60.5 Å². The second-order valence-corrected chi connectivity index (χ2v) is 21.9. The molecule has 4 N–H and O–H groups in total. The van der Waals surface area contributed by atoms with E-state index in [1.54, 1.807) is 38.3 Å². The molecule has 1 saturated carbocycles. The standard InChI is InChI=1S/C38H56N6O8S3/c1-11-25-22-38(25,34(47)42-54(49,50)26-16-13-12-14-17-26)41-32(45)30-27(24(2)3)19-20-44(30)33(46)31(37(7,8)9)40-35(48)39-28(36(4,5)6)23-43(10)55(51,52)29-18-15-21-53-29/h11-18,21,24-25,27-28,30-31H,1,19-20,22-23H2,2-10H3,(H,41,45)(H,42,47)(H2,39,40,48)/t25-,27?,28?,30+,31-,38-/m1/s1. The van der Waals surface area contributed by atoms with Crippen molar-refractivity contribution in [1.29, 1.82) is 0 Å². The Labute approximate surface area is 330 Å². The summed E-state index contributed by atoms with van der Waals surface area (Å²) in [7, 11) is -6.60. The first-order valence-corrected chi connectivity index (χ1v) is 22.1. The van der Waals surface area contributed by atoms with Crippen LogP contribution < -0.4 is 20.7 Å². The number of sulfonamides is 2. The molecule has 2 aromatic rings. The molecular weight excluding hydrogens is 765 g/mol. The number of amides is 5. The van der Waals surface area contributed by atoms with Gasteiger partial charge in [-0.05, 0) is 59.1 Å². The summed E-state index contributed by atoms with van der Waals surface area (Å²) in [6.45, 7) is 18.8. The predicted molar refractivity (Wildman–Crippen MR) is 212 cm³/mol. The molecule has 4 rings (SSSR count). The largest absolute Gasteiger partial charge is 0.339 e. The van der Waals surface area contributed by atoms with Crippen molar-refractivity contribution >= 4 is 55.1 Å². The molecular formula is C38H56N6O8S3. The molecule has 55 heavy (non-hydrogen) atoms. The van der Waals surface area contributed by atoms with Crippen LogP contribution in [0.15, 0.2) is 69.6 Å². The third-order valence-electron chi connectivity index (χ3n) is 10.5. The number of likely N-dealkylation sites (N-methyl/N-ethyl adjacent to an activating group) is 1. The number of likely N-dealkylation sites (tertiary alicyclic amines) is 1. The Bertz CT molecular complexity index is 1960. The smallest absolute Gasteiger partial charge is 0.315 e. The van der Waals surface area contributed by atoms with Crippen LogP contribution in [0.5, 0.6) is 0 Å². The average Bonchev–Trinajstić information content (AvgIpc) is 3.42. The first-order valence-electron chi connectivity index (χ1n) is 18.3. The zero-order valence-corrected chi connectivity index (χ0v) is 35.5. The number of hydrogen-bond acceptors (Lipinski definition) is 9. The fraction of sp³-hybridized carbons (Fsp3) is 0.579. The van der Waals surface area contributed by atoms with Crippen molar-refractivity contribution in [3.8, 4) is 0 Å². The first-order chi connectivity index (χ1) is 25.4. The lowest BCUT2D eigenvalue weighted by Gasteiger charge is -2.38. The highest BCUT2D eigenvalue weighted by atomic mass is 32.2. The van der Waals surface area contributed by atoms with Crippen molar-refractivity contribution in [2.24, 2.45) is 28.6 Å². The van der Waals surface area contributed by atoms with E-state index in [4.69, 9.17) is 0 Å². The molecule has 0 radical (unpaired) electrons. The molecule has 1 aromatic heterocycles. The summed E-state index contributed by atoms with van der Waals surface area (Å²) in [4.78, 5) is 57.6. The van der Waals surface area contributed by atoms with E-state index < -0.39 is 84.2 Å². The van der Waals surface area contributed by atoms with Gasteiger partial charge >= 0.3 is 6.03 Å². The van der Waals surface area contributed by atoms with E-state index in [1.165, 1.54) is 52.7 Å². The molecule has 2 aliphatic rings. The summed E-state index contributed by atoms with van der Waals surface area (Å²) >= 11 is 1.10. The fourth-order valence-corrected chi connectivity index (χ4v) is 10.3. The van der Waals surface area contributed by atoms with Gasteiger partial charge in [-0.3, -0.25) is 14.4 Å². The minimum atomic E-state index is -4.25. The van der Waals surface area contributed by atoms with Crippen LogP contribution in [0.25, 0.3) is 0 Å². The summed E-state index contributed by atoms with van der Waals surface area (Å²) in [5.74, 6) is -2.92. The SMILES string of the molecule is C=C[C@@H]1C[C@]1(NC(=O)[C@@H]1C(C(C)C)CCN1C(=O)[C@@H](NC(=O)NC(CN(C)S(=O)(=O)c1cccs1)C(C)(C)C)C(C)(C)C)C(=O)NS(=O)(=O)c1ccccc1. The van der Waals surface area contributed by atoms with Crippen molar-refractivity contribution in [3.63, 3.8) is 0 Å². The van der Waals surface area contributed by atoms with Crippen LogP contribution in [0.2, 0.25) is 0 Å². The van der Waals surface area contributed by atoms with Gasteiger partial charge in [-0.15, -0.1) is 17.9 Å². The second-order valence-electron chi connectivity index (χ2n) is 17.0. The number of rotatable bonds is 14. The maximum absolute atomic E-state index is 14.6. The van der Waals surface area contributed by atoms with Crippen molar-refractivity contribution in [2.75, 3.05) is 20.1 Å². The number of carbonyl (C=O) groups is 4. The van der Waals surface area contributed by atoms with Gasteiger partial charge < -0.3 is 20.9 Å². The number of nitrogens with zero attached hydrogens (tertiary/aromatic N) is 2. The second kappa shape index (κ2) is 16.4. The molecule has 1 aliphatic carbocycles. The van der Waals surface area contributed by atoms with Gasteiger partial charge in [-0.2, -0.15) is 4.31 Å². The number of thiophene rings is 1. The molecule has 304 valence electrons. The molecule has 14 nitrogen and oxygen atoms in total. The van der Waals surface area contributed by atoms with E-state index >= 15 is 0 Å². The summed E-state index contributed by atoms with van der Waals surface area (Å²) < 4.78 is 56.0. The summed E-state index contributed by atoms with van der Waals surface area (Å²) in [5.41, 5.74) is -3.01. The number of benzene rings is 1. The molecule has 2 heterocycles. The Balaban J connectivity index is 1.56. The van der Waals surface area contributed by atoms with Crippen LogP contribution >= 0.6 is 11.3 Å². The molecule has 6 atom stereocenters. The highest BCUT2D eigenvalue weighted by molar-refractivity contribution is 7.91. The lowest BCUT2D eigenvalue weighted by atomic mass is 9.84. The molecule has 1 aliphatic heterocycles. The van der Waals surface area contributed by atoms with E-state index in [9.17, 15) is 36.0 Å². The minimum Gasteiger partial charge on any atom is -0.339 e. The topological polar surface area (TPSA) is 191 Å². The first kappa shape index (κ1) is 43.9. The Kier molecular flexibility index (Phi) is 13.1. The summed E-state index contributed by atoms with van der Waals surface area (Å²) in [6, 6.07) is 7.10. The molecule has 0 spiro atoms. The third kappa shape index (κ3) is 9.78. The van der Waals surface area contributed by atoms with Crippen LogP contribution in [0.4, 0.5) is 4.79 Å². The van der Waals surface area contributed by atoms with Gasteiger partial charge in [-0.25, -0.2) is 26.4 Å². The Hall–Kier alpha value is -3.80. The molecule has 2 fully saturated rings. The quantitative estimate of drug-likeness (QED) is 0.206. The van der Waals surface area contributed by atoms with Crippen molar-refractivity contribution < 1.29 is 36.0 Å². The van der Waals surface area contributed by atoms with Gasteiger partial charge in [0.2, 0.25) is 11.8 Å². The summed E-state index contributed by atoms with van der Waals surface area (Å²) in [6.07, 6.45) is 2.09. The van der Waals surface area contributed by atoms with E-state index in [1.807, 2.05) is 34.6 Å². The minimum absolute atomic E-state index is 0.0383. The maximum atomic E-state index is 14.6. The predicted octanol–water partition coefficient (Wildman–Crippen LogP) is 3.94. The van der Waals surface area contributed by atoms with Gasteiger partial charge in [0.25, 0.3) is 26.0 Å². The maximum Gasteiger partial charge on any atom is 0.315 e. The van der Waals surface area contributed by atoms with Gasteiger partial charge in [0.05, 0.1) is 4.90 Å². The lowest BCUT2D eigenvalue weighted by Crippen LogP contribution is -2.63. The van der Waals surface area contributed by atoms with Crippen LogP contribution in [0.3, 0.4) is 0 Å². The van der Waals surface area contributed by atoms with Gasteiger partial charge in [0.15, 0.2) is 0 Å². The summed E-state index contributed by atoms with van der Waals surface area (Å²) in [5, 5.41) is 10.2. The monoisotopic (exact) mass is 820 g/mol. The Morgan fingerprint density at radius 1 is 0.982 bits per heavy atom. The zero-order chi connectivity index (χ0) is 41.3. The number of nitrogens with one attached hydrogen (secondary N) is 4. The Morgan fingerprint density at radius 3 is 2.13 bits per heavy atom. The third-order valence-corrected chi connectivity index (χ3v) is 15.1. The molecule has 17 heteroatoms. The van der Waals surface area contributed by atoms with Crippen molar-refractivity contribution in [2.45, 2.75) is 101 Å². The van der Waals surface area contributed by atoms with E-state index in [2.05, 4.69) is 27.3 Å². The molecule has 2 unspecified atom stereocenters. The Morgan fingerprint density at radius 2 is 1.62 bits per heavy atom. The van der Waals surface area contributed by atoms with Gasteiger partial charge in [0.1, 0.15) is 21.8 Å². The zero-order valence-electron chi connectivity index (χ0n) is 33.1. The number of urea groups is 1. The molecule has 0 bridgehead atoms. The number of carbonyl (C=O) groups excluding carboxylic acids is 4. The van der Waals surface area contributed by atoms with Crippen LogP contribution in [-0.4, -0.2) is 93.6 Å². The van der Waals surface area contributed by atoms with Gasteiger partial charge in [0, 0.05) is 32.1 Å². The molecule has 1 saturated heterocycles. The normalized spacial score (nSPS) is 22.8. The molecule has 5 amide bonds. The van der Waals surface area contributed by atoms with E-state index in [0.29, 0.717) is 6.42 Å². The average molecular weight is 821 g/mol. The lowest BCUT2D eigenvalue weighted by molar-refractivity contribution is -0.144. The molecule has 1 aromatic carbocycles. The highest BCUT2D eigenvalue weighted by Crippen LogP contribution is 2.46. The van der Waals surface area contributed by atoms with Crippen LogP contribution in [-0.2, 0) is 34.4 Å². The van der Waals surface area contributed by atoms with Crippen molar-refractivity contribution in [1.82, 2.24) is 29.9 Å². The van der Waals surface area contributed by atoms with Crippen LogP contribution in [0, 0.1) is 28.6 Å². The van der Waals surface area contributed by atoms with Crippen LogP contribution in [0.1, 0.15) is 68.2 Å². The fourth-order valence-electron chi connectivity index (χ4n) is 6.90.